The zero-order valence-corrected chi connectivity index (χ0v) is 21.4. The zero-order chi connectivity index (χ0) is 26.8. The molecule has 0 atom stereocenters. The first kappa shape index (κ1) is 27.6. The van der Waals surface area contributed by atoms with E-state index >= 15 is 0 Å². The quantitative estimate of drug-likeness (QED) is 0.146. The number of sulfone groups is 1. The highest BCUT2D eigenvalue weighted by molar-refractivity contribution is 7.90. The third-order valence-corrected chi connectivity index (χ3v) is 6.75. The SMILES string of the molecule is CS(=O)(=O)c1ccc(/C=C(/C(=O)NCCCCCC(=O)Nc2ccccc2N)c2ccc(F)cc2)cc1. The van der Waals surface area contributed by atoms with E-state index in [4.69, 9.17) is 5.73 Å². The van der Waals surface area contributed by atoms with Gasteiger partial charge in [-0.1, -0.05) is 42.8 Å². The minimum Gasteiger partial charge on any atom is -0.397 e. The lowest BCUT2D eigenvalue weighted by atomic mass is 10.0. The number of para-hydroxylation sites is 2. The van der Waals surface area contributed by atoms with Gasteiger partial charge in [0.2, 0.25) is 5.91 Å². The summed E-state index contributed by atoms with van der Waals surface area (Å²) in [5.41, 5.74) is 8.42. The molecule has 0 saturated heterocycles. The number of anilines is 2. The van der Waals surface area contributed by atoms with Gasteiger partial charge in [-0.2, -0.15) is 0 Å². The van der Waals surface area contributed by atoms with Crippen molar-refractivity contribution in [3.8, 4) is 0 Å². The van der Waals surface area contributed by atoms with Gasteiger partial charge in [0.1, 0.15) is 5.82 Å². The van der Waals surface area contributed by atoms with Crippen LogP contribution in [0.1, 0.15) is 36.8 Å². The molecule has 194 valence electrons. The molecule has 3 rings (SSSR count). The minimum atomic E-state index is -3.34. The molecule has 0 aromatic heterocycles. The highest BCUT2D eigenvalue weighted by atomic mass is 32.2. The van der Waals surface area contributed by atoms with Gasteiger partial charge in [0.25, 0.3) is 5.91 Å². The van der Waals surface area contributed by atoms with Gasteiger partial charge in [0, 0.05) is 24.8 Å². The number of carbonyl (C=O) groups excluding carboxylic acids is 2. The summed E-state index contributed by atoms with van der Waals surface area (Å²) in [4.78, 5) is 25.3. The maximum absolute atomic E-state index is 13.4. The Balaban J connectivity index is 1.55. The van der Waals surface area contributed by atoms with Crippen LogP contribution in [0.4, 0.5) is 15.8 Å². The first-order chi connectivity index (χ1) is 17.6. The van der Waals surface area contributed by atoms with Gasteiger partial charge >= 0.3 is 0 Å². The molecule has 0 radical (unpaired) electrons. The van der Waals surface area contributed by atoms with Crippen LogP contribution in [0.25, 0.3) is 11.6 Å². The summed E-state index contributed by atoms with van der Waals surface area (Å²) in [6.45, 7) is 0.400. The van der Waals surface area contributed by atoms with E-state index in [2.05, 4.69) is 10.6 Å². The Hall–Kier alpha value is -3.98. The van der Waals surface area contributed by atoms with Crippen molar-refractivity contribution in [3.05, 3.63) is 89.7 Å². The summed E-state index contributed by atoms with van der Waals surface area (Å²) >= 11 is 0. The third-order valence-electron chi connectivity index (χ3n) is 5.62. The molecule has 0 aliphatic rings. The fraction of sp³-hybridized carbons (Fsp3) is 0.214. The van der Waals surface area contributed by atoms with Gasteiger partial charge in [0.05, 0.1) is 16.3 Å². The number of amides is 2. The summed E-state index contributed by atoms with van der Waals surface area (Å²) in [5.74, 6) is -0.874. The van der Waals surface area contributed by atoms with Gasteiger partial charge in [-0.05, 0) is 66.4 Å². The van der Waals surface area contributed by atoms with Crippen LogP contribution < -0.4 is 16.4 Å². The summed E-state index contributed by atoms with van der Waals surface area (Å²) < 4.78 is 36.9. The number of halogens is 1. The number of unbranched alkanes of at least 4 members (excludes halogenated alkanes) is 2. The highest BCUT2D eigenvalue weighted by Crippen LogP contribution is 2.21. The van der Waals surface area contributed by atoms with Crippen molar-refractivity contribution < 1.29 is 22.4 Å². The Morgan fingerprint density at radius 2 is 1.59 bits per heavy atom. The molecular weight excluding hydrogens is 493 g/mol. The molecule has 0 unspecified atom stereocenters. The maximum atomic E-state index is 13.4. The van der Waals surface area contributed by atoms with Crippen LogP contribution in [0.5, 0.6) is 0 Å². The summed E-state index contributed by atoms with van der Waals surface area (Å²) in [7, 11) is -3.34. The van der Waals surface area contributed by atoms with Crippen LogP contribution in [0.3, 0.4) is 0 Å². The Kier molecular flexibility index (Phi) is 9.57. The topological polar surface area (TPSA) is 118 Å². The summed E-state index contributed by atoms with van der Waals surface area (Å²) in [6, 6.07) is 18.8. The van der Waals surface area contributed by atoms with E-state index in [9.17, 15) is 22.4 Å². The van der Waals surface area contributed by atoms with E-state index in [0.717, 1.165) is 12.7 Å². The fourth-order valence-electron chi connectivity index (χ4n) is 3.60. The molecule has 0 bridgehead atoms. The number of nitrogens with one attached hydrogen (secondary N) is 2. The number of benzene rings is 3. The van der Waals surface area contributed by atoms with Gasteiger partial charge < -0.3 is 16.4 Å². The molecule has 0 aliphatic carbocycles. The predicted molar refractivity (Wildman–Crippen MR) is 145 cm³/mol. The zero-order valence-electron chi connectivity index (χ0n) is 20.5. The summed E-state index contributed by atoms with van der Waals surface area (Å²) in [6.07, 6.45) is 5.16. The minimum absolute atomic E-state index is 0.120. The van der Waals surface area contributed by atoms with Crippen molar-refractivity contribution in [2.45, 2.75) is 30.6 Å². The number of nitrogen functional groups attached to an aromatic ring is 1. The van der Waals surface area contributed by atoms with E-state index in [0.29, 0.717) is 53.9 Å². The van der Waals surface area contributed by atoms with Crippen molar-refractivity contribution >= 4 is 44.7 Å². The van der Waals surface area contributed by atoms with Gasteiger partial charge in [0.15, 0.2) is 9.84 Å². The predicted octanol–water partition coefficient (Wildman–Crippen LogP) is 4.67. The number of carbonyl (C=O) groups is 2. The molecule has 3 aromatic rings. The number of hydrogen-bond donors (Lipinski definition) is 3. The van der Waals surface area contributed by atoms with Crippen LogP contribution in [0.15, 0.2) is 77.7 Å². The molecule has 0 heterocycles. The lowest BCUT2D eigenvalue weighted by molar-refractivity contribution is -0.117. The molecule has 0 spiro atoms. The summed E-state index contributed by atoms with van der Waals surface area (Å²) in [5, 5.41) is 5.66. The lowest BCUT2D eigenvalue weighted by Crippen LogP contribution is -2.25. The van der Waals surface area contributed by atoms with Crippen LogP contribution in [0, 0.1) is 5.82 Å². The molecule has 7 nitrogen and oxygen atoms in total. The fourth-order valence-corrected chi connectivity index (χ4v) is 4.23. The Morgan fingerprint density at radius 1 is 0.919 bits per heavy atom. The van der Waals surface area contributed by atoms with Crippen LogP contribution >= 0.6 is 0 Å². The molecule has 4 N–H and O–H groups in total. The van der Waals surface area contributed by atoms with E-state index in [1.54, 1.807) is 42.5 Å². The smallest absolute Gasteiger partial charge is 0.251 e. The molecule has 2 amide bonds. The van der Waals surface area contributed by atoms with Gasteiger partial charge in [-0.25, -0.2) is 12.8 Å². The van der Waals surface area contributed by atoms with Gasteiger partial charge in [-0.15, -0.1) is 0 Å². The van der Waals surface area contributed by atoms with Crippen molar-refractivity contribution in [1.82, 2.24) is 5.32 Å². The molecule has 0 aliphatic heterocycles. The Bertz CT molecular complexity index is 1370. The normalized spacial score (nSPS) is 11.7. The van der Waals surface area contributed by atoms with Gasteiger partial charge in [-0.3, -0.25) is 9.59 Å². The average molecular weight is 524 g/mol. The first-order valence-electron chi connectivity index (χ1n) is 11.8. The monoisotopic (exact) mass is 523 g/mol. The number of nitrogens with two attached hydrogens (primary N) is 1. The van der Waals surface area contributed by atoms with Crippen molar-refractivity contribution in [2.75, 3.05) is 23.9 Å². The Labute approximate surface area is 216 Å². The van der Waals surface area contributed by atoms with Crippen molar-refractivity contribution in [1.29, 1.82) is 0 Å². The van der Waals surface area contributed by atoms with E-state index in [1.807, 2.05) is 0 Å². The number of hydrogen-bond acceptors (Lipinski definition) is 5. The average Bonchev–Trinajstić information content (AvgIpc) is 2.86. The standard InChI is InChI=1S/C28H30FN3O4S/c1-37(35,36)23-16-10-20(11-17-23)19-24(21-12-14-22(29)15-13-21)28(34)31-18-6-2-3-9-27(33)32-26-8-5-4-7-25(26)30/h4-5,7-8,10-17,19H,2-3,6,9,18,30H2,1H3,(H,31,34)(H,32,33)/b24-19+. The molecule has 0 fully saturated rings. The molecule has 0 saturated carbocycles. The van der Waals surface area contributed by atoms with E-state index in [1.165, 1.54) is 36.4 Å². The van der Waals surface area contributed by atoms with Crippen LogP contribution in [-0.2, 0) is 19.4 Å². The molecule has 3 aromatic carbocycles. The van der Waals surface area contributed by atoms with E-state index in [-0.39, 0.29) is 16.7 Å². The lowest BCUT2D eigenvalue weighted by Gasteiger charge is -2.11. The maximum Gasteiger partial charge on any atom is 0.251 e. The second-order valence-electron chi connectivity index (χ2n) is 8.61. The van der Waals surface area contributed by atoms with Crippen molar-refractivity contribution in [2.24, 2.45) is 0 Å². The van der Waals surface area contributed by atoms with E-state index < -0.39 is 15.7 Å². The second kappa shape index (κ2) is 12.8. The highest BCUT2D eigenvalue weighted by Gasteiger charge is 2.13. The third kappa shape index (κ3) is 8.57. The molecule has 9 heteroatoms. The largest absolute Gasteiger partial charge is 0.397 e. The molecular formula is C28H30FN3O4S. The van der Waals surface area contributed by atoms with Crippen LogP contribution in [0.2, 0.25) is 0 Å². The Morgan fingerprint density at radius 3 is 2.24 bits per heavy atom. The number of rotatable bonds is 11. The van der Waals surface area contributed by atoms with Crippen molar-refractivity contribution in [3.63, 3.8) is 0 Å². The van der Waals surface area contributed by atoms with Crippen LogP contribution in [-0.4, -0.2) is 33.0 Å². The molecule has 37 heavy (non-hydrogen) atoms. The first-order valence-corrected chi connectivity index (χ1v) is 13.7. The second-order valence-corrected chi connectivity index (χ2v) is 10.6.